The van der Waals surface area contributed by atoms with Crippen LogP contribution in [-0.4, -0.2) is 11.1 Å². The Hall–Kier alpha value is -2.10. The highest BCUT2D eigenvalue weighted by Gasteiger charge is 2.22. The van der Waals surface area contributed by atoms with Crippen LogP contribution in [-0.2, 0) is 11.3 Å². The van der Waals surface area contributed by atoms with Crippen molar-refractivity contribution in [2.75, 3.05) is 0 Å². The molecule has 1 heterocycles. The van der Waals surface area contributed by atoms with Crippen LogP contribution < -0.4 is 5.32 Å². The van der Waals surface area contributed by atoms with Crippen molar-refractivity contribution in [2.45, 2.75) is 53.0 Å². The van der Waals surface area contributed by atoms with Crippen molar-refractivity contribution in [3.05, 3.63) is 40.6 Å². The van der Waals surface area contributed by atoms with Crippen molar-refractivity contribution in [3.63, 3.8) is 0 Å². The Morgan fingerprint density at radius 1 is 1.17 bits per heavy atom. The van der Waals surface area contributed by atoms with Gasteiger partial charge in [0.15, 0.2) is 5.76 Å². The lowest BCUT2D eigenvalue weighted by atomic mass is 9.97. The third-order valence-electron chi connectivity index (χ3n) is 4.65. The van der Waals surface area contributed by atoms with E-state index in [0.29, 0.717) is 12.3 Å². The zero-order valence-corrected chi connectivity index (χ0v) is 14.1. The van der Waals surface area contributed by atoms with Crippen LogP contribution in [0.3, 0.4) is 0 Å². The Labute approximate surface area is 137 Å². The molecule has 4 heteroatoms. The van der Waals surface area contributed by atoms with Gasteiger partial charge in [0, 0.05) is 17.5 Å². The molecule has 0 atom stereocenters. The molecular formula is C19H24N2O2. The van der Waals surface area contributed by atoms with Gasteiger partial charge >= 0.3 is 0 Å². The van der Waals surface area contributed by atoms with Gasteiger partial charge in [0.25, 0.3) is 0 Å². The average Bonchev–Trinajstić information content (AvgIpc) is 3.15. The van der Waals surface area contributed by atoms with E-state index in [4.69, 9.17) is 4.52 Å². The molecule has 4 nitrogen and oxygen atoms in total. The second-order valence-corrected chi connectivity index (χ2v) is 6.65. The second-order valence-electron chi connectivity index (χ2n) is 6.65. The van der Waals surface area contributed by atoms with Gasteiger partial charge in [0.2, 0.25) is 5.91 Å². The summed E-state index contributed by atoms with van der Waals surface area (Å²) in [5.74, 6) is 1.02. The summed E-state index contributed by atoms with van der Waals surface area (Å²) in [5, 5.41) is 7.16. The number of carbonyl (C=O) groups is 1. The van der Waals surface area contributed by atoms with E-state index in [1.807, 2.05) is 6.07 Å². The molecule has 0 bridgehead atoms. The van der Waals surface area contributed by atoms with Gasteiger partial charge in [0.1, 0.15) is 5.69 Å². The average molecular weight is 312 g/mol. The lowest BCUT2D eigenvalue weighted by Gasteiger charge is -2.08. The third-order valence-corrected chi connectivity index (χ3v) is 4.65. The van der Waals surface area contributed by atoms with E-state index in [1.54, 1.807) is 0 Å². The molecule has 1 aromatic carbocycles. The van der Waals surface area contributed by atoms with Gasteiger partial charge in [-0.05, 0) is 44.7 Å². The van der Waals surface area contributed by atoms with E-state index in [2.05, 4.69) is 43.4 Å². The molecule has 0 unspecified atom stereocenters. The predicted molar refractivity (Wildman–Crippen MR) is 90.0 cm³/mol. The maximum absolute atomic E-state index is 12.1. The molecule has 122 valence electrons. The molecule has 1 fully saturated rings. The summed E-state index contributed by atoms with van der Waals surface area (Å²) < 4.78 is 5.41. The van der Waals surface area contributed by atoms with Gasteiger partial charge < -0.3 is 9.84 Å². The fraction of sp³-hybridized carbons (Fsp3) is 0.474. The van der Waals surface area contributed by atoms with Crippen molar-refractivity contribution >= 4 is 5.91 Å². The van der Waals surface area contributed by atoms with Crippen LogP contribution in [0, 0.1) is 26.7 Å². The Bertz CT molecular complexity index is 689. The number of carbonyl (C=O) groups excluding carboxylic acids is 1. The van der Waals surface area contributed by atoms with Gasteiger partial charge in [-0.15, -0.1) is 0 Å². The minimum absolute atomic E-state index is 0.142. The molecule has 1 aliphatic carbocycles. The maximum atomic E-state index is 12.1. The van der Waals surface area contributed by atoms with Crippen molar-refractivity contribution in [2.24, 2.45) is 5.92 Å². The second kappa shape index (κ2) is 6.57. The van der Waals surface area contributed by atoms with Crippen LogP contribution in [0.25, 0.3) is 11.3 Å². The number of aromatic nitrogens is 1. The van der Waals surface area contributed by atoms with Crippen molar-refractivity contribution in [3.8, 4) is 11.3 Å². The zero-order valence-electron chi connectivity index (χ0n) is 14.1. The van der Waals surface area contributed by atoms with Crippen LogP contribution in [0.15, 0.2) is 22.7 Å². The van der Waals surface area contributed by atoms with Crippen LogP contribution in [0.5, 0.6) is 0 Å². The highest BCUT2D eigenvalue weighted by atomic mass is 16.5. The van der Waals surface area contributed by atoms with Gasteiger partial charge in [-0.25, -0.2) is 0 Å². The van der Waals surface area contributed by atoms with Crippen LogP contribution in [0.2, 0.25) is 0 Å². The first-order chi connectivity index (χ1) is 11.0. The minimum atomic E-state index is 0.142. The number of aryl methyl sites for hydroxylation is 3. The van der Waals surface area contributed by atoms with Gasteiger partial charge in [0.05, 0.1) is 6.54 Å². The quantitative estimate of drug-likeness (QED) is 0.925. The first kappa shape index (κ1) is 15.8. The van der Waals surface area contributed by atoms with E-state index in [0.717, 1.165) is 36.9 Å². The highest BCUT2D eigenvalue weighted by molar-refractivity contribution is 5.78. The molecule has 0 radical (unpaired) electrons. The molecule has 3 rings (SSSR count). The van der Waals surface area contributed by atoms with Crippen LogP contribution in [0.1, 0.15) is 48.1 Å². The number of nitrogens with one attached hydrogen (secondary N) is 1. The van der Waals surface area contributed by atoms with Gasteiger partial charge in [-0.3, -0.25) is 4.79 Å². The van der Waals surface area contributed by atoms with E-state index in [-0.39, 0.29) is 11.8 Å². The maximum Gasteiger partial charge on any atom is 0.223 e. The van der Waals surface area contributed by atoms with Gasteiger partial charge in [-0.2, -0.15) is 0 Å². The lowest BCUT2D eigenvalue weighted by molar-refractivity contribution is -0.125. The highest BCUT2D eigenvalue weighted by Crippen LogP contribution is 2.28. The Morgan fingerprint density at radius 3 is 2.48 bits per heavy atom. The fourth-order valence-corrected chi connectivity index (χ4v) is 3.60. The Kier molecular flexibility index (Phi) is 4.51. The lowest BCUT2D eigenvalue weighted by Crippen LogP contribution is -2.28. The first-order valence-corrected chi connectivity index (χ1v) is 8.36. The Balaban J connectivity index is 1.70. The van der Waals surface area contributed by atoms with E-state index in [9.17, 15) is 4.79 Å². The van der Waals surface area contributed by atoms with Crippen LogP contribution in [0.4, 0.5) is 0 Å². The smallest absolute Gasteiger partial charge is 0.223 e. The summed E-state index contributed by atoms with van der Waals surface area (Å²) in [6.07, 6.45) is 4.34. The monoisotopic (exact) mass is 312 g/mol. The molecule has 23 heavy (non-hydrogen) atoms. The zero-order chi connectivity index (χ0) is 16.4. The molecular weight excluding hydrogens is 288 g/mol. The summed E-state index contributed by atoms with van der Waals surface area (Å²) >= 11 is 0. The number of hydrogen-bond donors (Lipinski definition) is 1. The number of hydrogen-bond acceptors (Lipinski definition) is 3. The molecule has 1 saturated carbocycles. The van der Waals surface area contributed by atoms with Crippen molar-refractivity contribution < 1.29 is 9.32 Å². The summed E-state index contributed by atoms with van der Waals surface area (Å²) in [7, 11) is 0. The van der Waals surface area contributed by atoms with E-state index in [1.165, 1.54) is 16.7 Å². The van der Waals surface area contributed by atoms with Crippen molar-refractivity contribution in [1.82, 2.24) is 10.5 Å². The normalized spacial score (nSPS) is 15.1. The van der Waals surface area contributed by atoms with Crippen molar-refractivity contribution in [1.29, 1.82) is 0 Å². The van der Waals surface area contributed by atoms with E-state index >= 15 is 0 Å². The molecule has 0 aliphatic heterocycles. The molecule has 0 saturated heterocycles. The molecule has 1 N–H and O–H groups in total. The molecule has 1 amide bonds. The number of rotatable bonds is 4. The third kappa shape index (κ3) is 3.46. The minimum Gasteiger partial charge on any atom is -0.359 e. The molecule has 2 aromatic rings. The standard InChI is InChI=1S/C19H24N2O2/c1-12-8-13(2)18(14(3)9-12)17-10-16(23-21-17)11-20-19(22)15-6-4-5-7-15/h8-10,15H,4-7,11H2,1-3H3,(H,20,22). The summed E-state index contributed by atoms with van der Waals surface area (Å²) in [6, 6.07) is 6.23. The Morgan fingerprint density at radius 2 is 1.83 bits per heavy atom. The first-order valence-electron chi connectivity index (χ1n) is 8.36. The largest absolute Gasteiger partial charge is 0.359 e. The van der Waals surface area contributed by atoms with E-state index < -0.39 is 0 Å². The molecule has 1 aromatic heterocycles. The number of nitrogens with zero attached hydrogens (tertiary/aromatic N) is 1. The number of benzene rings is 1. The van der Waals surface area contributed by atoms with Gasteiger partial charge in [-0.1, -0.05) is 35.7 Å². The predicted octanol–water partition coefficient (Wildman–Crippen LogP) is 4.07. The number of amides is 1. The topological polar surface area (TPSA) is 55.1 Å². The summed E-state index contributed by atoms with van der Waals surface area (Å²) in [4.78, 5) is 12.1. The van der Waals surface area contributed by atoms with Crippen LogP contribution >= 0.6 is 0 Å². The molecule has 1 aliphatic rings. The fourth-order valence-electron chi connectivity index (χ4n) is 3.60. The molecule has 0 spiro atoms. The summed E-state index contributed by atoms with van der Waals surface area (Å²) in [6.45, 7) is 6.68. The summed E-state index contributed by atoms with van der Waals surface area (Å²) in [5.41, 5.74) is 5.59. The SMILES string of the molecule is Cc1cc(C)c(-c2cc(CNC(=O)C3CCCC3)on2)c(C)c1.